The average molecular weight is 267 g/mol. The van der Waals surface area contributed by atoms with E-state index in [1.54, 1.807) is 7.05 Å². The van der Waals surface area contributed by atoms with Crippen LogP contribution in [0.3, 0.4) is 0 Å². The first-order chi connectivity index (χ1) is 9.12. The van der Waals surface area contributed by atoms with E-state index in [0.29, 0.717) is 24.5 Å². The second-order valence-corrected chi connectivity index (χ2v) is 4.41. The molecular weight excluding hydrogens is 242 g/mol. The molecule has 2 N–H and O–H groups in total. The van der Waals surface area contributed by atoms with E-state index in [4.69, 9.17) is 4.74 Å². The Morgan fingerprint density at radius 3 is 2.00 bits per heavy atom. The van der Waals surface area contributed by atoms with Crippen LogP contribution in [0.2, 0.25) is 0 Å². The molecule has 19 heavy (non-hydrogen) atoms. The van der Waals surface area contributed by atoms with Crippen molar-refractivity contribution in [1.82, 2.24) is 15.0 Å². The number of aromatic nitrogens is 3. The van der Waals surface area contributed by atoms with Gasteiger partial charge in [0.25, 0.3) is 0 Å². The van der Waals surface area contributed by atoms with Gasteiger partial charge in [0.15, 0.2) is 0 Å². The zero-order valence-electron chi connectivity index (χ0n) is 12.6. The van der Waals surface area contributed by atoms with Crippen LogP contribution in [-0.4, -0.2) is 34.1 Å². The summed E-state index contributed by atoms with van der Waals surface area (Å²) < 4.78 is 5.36. The molecule has 0 saturated heterocycles. The second kappa shape index (κ2) is 7.11. The third-order valence-corrected chi connectivity index (χ3v) is 3.52. The van der Waals surface area contributed by atoms with Crippen molar-refractivity contribution in [2.75, 3.05) is 24.3 Å². The van der Waals surface area contributed by atoms with E-state index in [9.17, 15) is 0 Å². The molecule has 1 heterocycles. The largest absolute Gasteiger partial charge is 0.464 e. The fraction of sp³-hybridized carbons (Fsp3) is 0.769. The van der Waals surface area contributed by atoms with Gasteiger partial charge < -0.3 is 15.4 Å². The highest BCUT2D eigenvalue weighted by Crippen LogP contribution is 2.24. The van der Waals surface area contributed by atoms with Gasteiger partial charge in [-0.3, -0.25) is 0 Å². The van der Waals surface area contributed by atoms with E-state index in [-0.39, 0.29) is 5.54 Å². The minimum atomic E-state index is 0.0237. The van der Waals surface area contributed by atoms with Crippen LogP contribution in [0.1, 0.15) is 47.0 Å². The summed E-state index contributed by atoms with van der Waals surface area (Å²) in [6.07, 6.45) is 3.06. The Balaban J connectivity index is 3.01. The van der Waals surface area contributed by atoms with Crippen molar-refractivity contribution in [1.29, 1.82) is 0 Å². The molecule has 0 amide bonds. The lowest BCUT2D eigenvalue weighted by Crippen LogP contribution is -2.37. The van der Waals surface area contributed by atoms with E-state index in [1.807, 2.05) is 6.92 Å². The minimum Gasteiger partial charge on any atom is -0.464 e. The topological polar surface area (TPSA) is 72.0 Å². The van der Waals surface area contributed by atoms with Crippen LogP contribution in [0, 0.1) is 0 Å². The van der Waals surface area contributed by atoms with E-state index >= 15 is 0 Å². The third-order valence-electron chi connectivity index (χ3n) is 3.52. The van der Waals surface area contributed by atoms with Gasteiger partial charge in [0.1, 0.15) is 0 Å². The number of rotatable bonds is 8. The van der Waals surface area contributed by atoms with Gasteiger partial charge in [-0.25, -0.2) is 0 Å². The van der Waals surface area contributed by atoms with Crippen molar-refractivity contribution in [2.45, 2.75) is 52.5 Å². The van der Waals surface area contributed by atoms with Crippen molar-refractivity contribution >= 4 is 11.9 Å². The van der Waals surface area contributed by atoms with Crippen molar-refractivity contribution in [3.63, 3.8) is 0 Å². The van der Waals surface area contributed by atoms with Crippen LogP contribution in [0.15, 0.2) is 0 Å². The monoisotopic (exact) mass is 267 g/mol. The molecule has 0 fully saturated rings. The van der Waals surface area contributed by atoms with Crippen LogP contribution < -0.4 is 15.4 Å². The summed E-state index contributed by atoms with van der Waals surface area (Å²) in [5.41, 5.74) is 0.0237. The molecule has 0 saturated carbocycles. The van der Waals surface area contributed by atoms with Crippen molar-refractivity contribution in [2.24, 2.45) is 0 Å². The molecule has 0 radical (unpaired) electrons. The SMILES string of the molecule is CCOc1nc(NC)nc(NC(CC)(CC)CC)n1. The molecule has 0 unspecified atom stereocenters. The van der Waals surface area contributed by atoms with Crippen molar-refractivity contribution in [3.8, 4) is 6.01 Å². The van der Waals surface area contributed by atoms with Gasteiger partial charge in [0, 0.05) is 12.6 Å². The van der Waals surface area contributed by atoms with E-state index < -0.39 is 0 Å². The smallest absolute Gasteiger partial charge is 0.323 e. The van der Waals surface area contributed by atoms with Crippen LogP contribution in [0.25, 0.3) is 0 Å². The van der Waals surface area contributed by atoms with E-state index in [0.717, 1.165) is 19.3 Å². The fourth-order valence-electron chi connectivity index (χ4n) is 1.97. The lowest BCUT2D eigenvalue weighted by atomic mass is 9.90. The zero-order valence-corrected chi connectivity index (χ0v) is 12.6. The number of nitrogens with one attached hydrogen (secondary N) is 2. The predicted octanol–water partition coefficient (Wildman–Crippen LogP) is 2.69. The average Bonchev–Trinajstić information content (AvgIpc) is 2.45. The Kier molecular flexibility index (Phi) is 5.79. The van der Waals surface area contributed by atoms with Crippen molar-refractivity contribution < 1.29 is 4.74 Å². The Morgan fingerprint density at radius 1 is 0.947 bits per heavy atom. The molecule has 0 aliphatic rings. The Hall–Kier alpha value is -1.59. The van der Waals surface area contributed by atoms with Crippen LogP contribution in [0.5, 0.6) is 6.01 Å². The molecular formula is C13H25N5O. The van der Waals surface area contributed by atoms with Gasteiger partial charge in [0.2, 0.25) is 11.9 Å². The summed E-state index contributed by atoms with van der Waals surface area (Å²) in [7, 11) is 1.78. The summed E-state index contributed by atoms with van der Waals surface area (Å²) in [5.74, 6) is 1.08. The lowest BCUT2D eigenvalue weighted by molar-refractivity contribution is 0.311. The van der Waals surface area contributed by atoms with Gasteiger partial charge in [-0.05, 0) is 26.2 Å². The minimum absolute atomic E-state index is 0.0237. The zero-order chi connectivity index (χ0) is 14.3. The second-order valence-electron chi connectivity index (χ2n) is 4.41. The lowest BCUT2D eigenvalue weighted by Gasteiger charge is -2.31. The van der Waals surface area contributed by atoms with E-state index in [1.165, 1.54) is 0 Å². The van der Waals surface area contributed by atoms with Crippen LogP contribution in [0.4, 0.5) is 11.9 Å². The van der Waals surface area contributed by atoms with Gasteiger partial charge in [0.05, 0.1) is 6.61 Å². The summed E-state index contributed by atoms with van der Waals surface area (Å²) >= 11 is 0. The Bertz CT molecular complexity index is 384. The first kappa shape index (κ1) is 15.5. The first-order valence-corrected chi connectivity index (χ1v) is 6.97. The van der Waals surface area contributed by atoms with Gasteiger partial charge >= 0.3 is 6.01 Å². The molecule has 0 aliphatic heterocycles. The molecule has 0 aromatic carbocycles. The summed E-state index contributed by atoms with van der Waals surface area (Å²) in [6.45, 7) is 8.95. The molecule has 6 nitrogen and oxygen atoms in total. The van der Waals surface area contributed by atoms with E-state index in [2.05, 4.69) is 46.4 Å². The molecule has 6 heteroatoms. The number of hydrogen-bond acceptors (Lipinski definition) is 6. The predicted molar refractivity (Wildman–Crippen MR) is 77.8 cm³/mol. The molecule has 1 aromatic heterocycles. The molecule has 108 valence electrons. The summed E-state index contributed by atoms with van der Waals surface area (Å²) in [5, 5.41) is 6.36. The highest BCUT2D eigenvalue weighted by Gasteiger charge is 2.25. The van der Waals surface area contributed by atoms with Gasteiger partial charge in [-0.2, -0.15) is 15.0 Å². The maximum atomic E-state index is 5.36. The highest BCUT2D eigenvalue weighted by atomic mass is 16.5. The number of hydrogen-bond donors (Lipinski definition) is 2. The summed E-state index contributed by atoms with van der Waals surface area (Å²) in [6, 6.07) is 0.349. The molecule has 0 atom stereocenters. The quantitative estimate of drug-likeness (QED) is 0.754. The maximum Gasteiger partial charge on any atom is 0.323 e. The fourth-order valence-corrected chi connectivity index (χ4v) is 1.97. The summed E-state index contributed by atoms with van der Waals surface area (Å²) in [4.78, 5) is 12.8. The number of ether oxygens (including phenoxy) is 1. The molecule has 0 bridgehead atoms. The number of anilines is 2. The normalized spacial score (nSPS) is 11.2. The molecule has 1 aromatic rings. The van der Waals surface area contributed by atoms with Crippen LogP contribution >= 0.6 is 0 Å². The standard InChI is InChI=1S/C13H25N5O/c1-6-13(7-2,8-3)18-11-15-10(14-5)16-12(17-11)19-9-4/h6-9H2,1-5H3,(H2,14,15,16,17,18). The molecule has 0 aliphatic carbocycles. The highest BCUT2D eigenvalue weighted by molar-refractivity contribution is 5.37. The molecule has 0 spiro atoms. The van der Waals surface area contributed by atoms with Gasteiger partial charge in [-0.1, -0.05) is 20.8 Å². The van der Waals surface area contributed by atoms with Crippen LogP contribution in [-0.2, 0) is 0 Å². The van der Waals surface area contributed by atoms with Gasteiger partial charge in [-0.15, -0.1) is 0 Å². The maximum absolute atomic E-state index is 5.36. The third kappa shape index (κ3) is 3.94. The molecule has 1 rings (SSSR count). The first-order valence-electron chi connectivity index (χ1n) is 6.97. The number of nitrogens with zero attached hydrogens (tertiary/aromatic N) is 3. The van der Waals surface area contributed by atoms with Crippen molar-refractivity contribution in [3.05, 3.63) is 0 Å². The Morgan fingerprint density at radius 2 is 1.53 bits per heavy atom. The Labute approximate surface area is 115 Å².